The van der Waals surface area contributed by atoms with Crippen molar-refractivity contribution in [2.24, 2.45) is 5.92 Å². The molecule has 1 aliphatic heterocycles. The summed E-state index contributed by atoms with van der Waals surface area (Å²) in [4.78, 5) is 14.3. The van der Waals surface area contributed by atoms with Gasteiger partial charge in [-0.15, -0.1) is 0 Å². The van der Waals surface area contributed by atoms with Gasteiger partial charge >= 0.3 is 0 Å². The Morgan fingerprint density at radius 3 is 3.00 bits per heavy atom. The summed E-state index contributed by atoms with van der Waals surface area (Å²) in [5.41, 5.74) is 1.74. The Kier molecular flexibility index (Phi) is 5.62. The van der Waals surface area contributed by atoms with Crippen molar-refractivity contribution in [1.82, 2.24) is 10.2 Å². The van der Waals surface area contributed by atoms with Crippen LogP contribution in [0.15, 0.2) is 24.3 Å². The lowest BCUT2D eigenvalue weighted by Gasteiger charge is -2.34. The number of anilines is 1. The Labute approximate surface area is 127 Å². The van der Waals surface area contributed by atoms with Crippen LogP contribution in [-0.4, -0.2) is 43.5 Å². The van der Waals surface area contributed by atoms with Gasteiger partial charge in [-0.2, -0.15) is 0 Å². The Balaban J connectivity index is 1.98. The third-order valence-electron chi connectivity index (χ3n) is 4.22. The van der Waals surface area contributed by atoms with Gasteiger partial charge in [-0.05, 0) is 64.4 Å². The molecule has 1 amide bonds. The van der Waals surface area contributed by atoms with Crippen LogP contribution in [0.5, 0.6) is 0 Å². The highest BCUT2D eigenvalue weighted by Crippen LogP contribution is 2.22. The number of nitrogens with one attached hydrogen (secondary N) is 2. The van der Waals surface area contributed by atoms with Crippen LogP contribution in [0, 0.1) is 5.92 Å². The first-order valence-corrected chi connectivity index (χ1v) is 7.93. The van der Waals surface area contributed by atoms with Gasteiger partial charge in [-0.1, -0.05) is 6.07 Å². The second-order valence-corrected chi connectivity index (χ2v) is 6.04. The molecular weight excluding hydrogens is 262 g/mol. The van der Waals surface area contributed by atoms with E-state index >= 15 is 0 Å². The minimum Gasteiger partial charge on any atom is -0.382 e. The largest absolute Gasteiger partial charge is 0.382 e. The maximum atomic E-state index is 11.9. The molecule has 0 saturated carbocycles. The monoisotopic (exact) mass is 289 g/mol. The smallest absolute Gasteiger partial charge is 0.251 e. The molecule has 2 rings (SSSR count). The van der Waals surface area contributed by atoms with Gasteiger partial charge in [0.05, 0.1) is 0 Å². The summed E-state index contributed by atoms with van der Waals surface area (Å²) in [6.45, 7) is 7.17. The van der Waals surface area contributed by atoms with Crippen LogP contribution in [-0.2, 0) is 0 Å². The van der Waals surface area contributed by atoms with E-state index < -0.39 is 0 Å². The molecule has 0 aliphatic carbocycles. The highest BCUT2D eigenvalue weighted by Gasteiger charge is 2.22. The van der Waals surface area contributed by atoms with Crippen LogP contribution in [0.1, 0.15) is 37.0 Å². The average molecular weight is 289 g/mol. The van der Waals surface area contributed by atoms with Crippen molar-refractivity contribution < 1.29 is 4.79 Å². The number of amides is 1. The molecule has 1 aliphatic rings. The summed E-state index contributed by atoms with van der Waals surface area (Å²) in [5.74, 6) is 0.656. The van der Waals surface area contributed by atoms with Crippen LogP contribution in [0.25, 0.3) is 0 Å². The SMILES string of the molecule is CCNC(=O)c1cccc(NC(C)C2CCCN(C)C2)c1. The van der Waals surface area contributed by atoms with Gasteiger partial charge in [-0.3, -0.25) is 4.79 Å². The van der Waals surface area contributed by atoms with Gasteiger partial charge in [-0.25, -0.2) is 0 Å². The topological polar surface area (TPSA) is 44.4 Å². The first-order chi connectivity index (χ1) is 10.1. The van der Waals surface area contributed by atoms with E-state index in [1.165, 1.54) is 19.4 Å². The normalized spacial score (nSPS) is 20.8. The number of benzene rings is 1. The fraction of sp³-hybridized carbons (Fsp3) is 0.588. The quantitative estimate of drug-likeness (QED) is 0.875. The molecule has 21 heavy (non-hydrogen) atoms. The number of hydrogen-bond acceptors (Lipinski definition) is 3. The Hall–Kier alpha value is -1.55. The molecular formula is C17H27N3O. The first-order valence-electron chi connectivity index (χ1n) is 7.93. The molecule has 0 aromatic heterocycles. The maximum absolute atomic E-state index is 11.9. The Morgan fingerprint density at radius 1 is 1.48 bits per heavy atom. The van der Waals surface area contributed by atoms with E-state index in [0.717, 1.165) is 17.8 Å². The van der Waals surface area contributed by atoms with E-state index in [1.54, 1.807) is 0 Å². The first kappa shape index (κ1) is 15.8. The summed E-state index contributed by atoms with van der Waals surface area (Å²) < 4.78 is 0. The third-order valence-corrected chi connectivity index (χ3v) is 4.22. The summed E-state index contributed by atoms with van der Waals surface area (Å²) >= 11 is 0. The molecule has 4 nitrogen and oxygen atoms in total. The molecule has 2 unspecified atom stereocenters. The van der Waals surface area contributed by atoms with Crippen molar-refractivity contribution in [3.63, 3.8) is 0 Å². The highest BCUT2D eigenvalue weighted by molar-refractivity contribution is 5.95. The standard InChI is InChI=1S/C17H27N3O/c1-4-18-17(21)14-7-5-9-16(11-14)19-13(2)15-8-6-10-20(3)12-15/h5,7,9,11,13,15,19H,4,6,8,10,12H2,1-3H3,(H,18,21). The summed E-state index contributed by atoms with van der Waals surface area (Å²) in [6.07, 6.45) is 2.54. The highest BCUT2D eigenvalue weighted by atomic mass is 16.1. The maximum Gasteiger partial charge on any atom is 0.251 e. The fourth-order valence-corrected chi connectivity index (χ4v) is 3.01. The second kappa shape index (κ2) is 7.46. The van der Waals surface area contributed by atoms with Crippen molar-refractivity contribution in [3.05, 3.63) is 29.8 Å². The molecule has 1 heterocycles. The molecule has 2 N–H and O–H groups in total. The van der Waals surface area contributed by atoms with E-state index in [4.69, 9.17) is 0 Å². The predicted molar refractivity (Wildman–Crippen MR) is 87.8 cm³/mol. The molecule has 0 radical (unpaired) electrons. The lowest BCUT2D eigenvalue weighted by Crippen LogP contribution is -2.39. The van der Waals surface area contributed by atoms with Gasteiger partial charge in [0.25, 0.3) is 5.91 Å². The minimum absolute atomic E-state index is 0.00815. The van der Waals surface area contributed by atoms with Crippen molar-refractivity contribution in [3.8, 4) is 0 Å². The summed E-state index contributed by atoms with van der Waals surface area (Å²) in [5, 5.41) is 6.40. The van der Waals surface area contributed by atoms with Crippen LogP contribution in [0.3, 0.4) is 0 Å². The predicted octanol–water partition coefficient (Wildman–Crippen LogP) is 2.58. The lowest BCUT2D eigenvalue weighted by atomic mass is 9.91. The molecule has 2 atom stereocenters. The molecule has 1 fully saturated rings. The molecule has 1 saturated heterocycles. The zero-order valence-electron chi connectivity index (χ0n) is 13.4. The number of carbonyl (C=O) groups is 1. The van der Waals surface area contributed by atoms with Gasteiger partial charge in [0.15, 0.2) is 0 Å². The zero-order chi connectivity index (χ0) is 15.2. The van der Waals surface area contributed by atoms with Gasteiger partial charge in [0.2, 0.25) is 0 Å². The second-order valence-electron chi connectivity index (χ2n) is 6.04. The molecule has 0 bridgehead atoms. The average Bonchev–Trinajstić information content (AvgIpc) is 2.48. The lowest BCUT2D eigenvalue weighted by molar-refractivity contribution is 0.0956. The van der Waals surface area contributed by atoms with Crippen LogP contribution in [0.4, 0.5) is 5.69 Å². The summed E-state index contributed by atoms with van der Waals surface area (Å²) in [6, 6.07) is 8.18. The van der Waals surface area contributed by atoms with E-state index in [0.29, 0.717) is 18.5 Å². The van der Waals surface area contributed by atoms with Crippen molar-refractivity contribution >= 4 is 11.6 Å². The number of rotatable bonds is 5. The summed E-state index contributed by atoms with van der Waals surface area (Å²) in [7, 11) is 2.19. The molecule has 1 aromatic carbocycles. The fourth-order valence-electron chi connectivity index (χ4n) is 3.01. The Morgan fingerprint density at radius 2 is 2.29 bits per heavy atom. The van der Waals surface area contributed by atoms with Crippen LogP contribution < -0.4 is 10.6 Å². The minimum atomic E-state index is -0.00815. The number of likely N-dealkylation sites (tertiary alicyclic amines) is 1. The van der Waals surface area contributed by atoms with Gasteiger partial charge < -0.3 is 15.5 Å². The van der Waals surface area contributed by atoms with Crippen molar-refractivity contribution in [1.29, 1.82) is 0 Å². The van der Waals surface area contributed by atoms with Gasteiger partial charge in [0.1, 0.15) is 0 Å². The zero-order valence-corrected chi connectivity index (χ0v) is 13.4. The van der Waals surface area contributed by atoms with E-state index in [1.807, 2.05) is 31.2 Å². The van der Waals surface area contributed by atoms with Crippen molar-refractivity contribution in [2.75, 3.05) is 32.0 Å². The molecule has 116 valence electrons. The van der Waals surface area contributed by atoms with Gasteiger partial charge in [0, 0.05) is 30.4 Å². The third kappa shape index (κ3) is 4.46. The van der Waals surface area contributed by atoms with Crippen molar-refractivity contribution in [2.45, 2.75) is 32.7 Å². The number of carbonyl (C=O) groups excluding carboxylic acids is 1. The van der Waals surface area contributed by atoms with E-state index in [2.05, 4.69) is 29.5 Å². The number of hydrogen-bond donors (Lipinski definition) is 2. The number of piperidine rings is 1. The molecule has 0 spiro atoms. The Bertz CT molecular complexity index is 475. The molecule has 1 aromatic rings. The molecule has 4 heteroatoms. The van der Waals surface area contributed by atoms with E-state index in [9.17, 15) is 4.79 Å². The van der Waals surface area contributed by atoms with Crippen LogP contribution in [0.2, 0.25) is 0 Å². The van der Waals surface area contributed by atoms with Crippen LogP contribution >= 0.6 is 0 Å². The number of nitrogens with zero attached hydrogens (tertiary/aromatic N) is 1. The van der Waals surface area contributed by atoms with E-state index in [-0.39, 0.29) is 5.91 Å².